The Labute approximate surface area is 106 Å². The van der Waals surface area contributed by atoms with Crippen LogP contribution in [-0.4, -0.2) is 32.5 Å². The normalized spacial score (nSPS) is 29.5. The summed E-state index contributed by atoms with van der Waals surface area (Å²) in [6.07, 6.45) is 6.75. The molecule has 0 aliphatic heterocycles. The molecule has 0 heterocycles. The number of rotatable bonds is 8. The molecule has 0 spiro atoms. The van der Waals surface area contributed by atoms with Gasteiger partial charge in [-0.1, -0.05) is 19.8 Å². The molecule has 0 aromatic carbocycles. The van der Waals surface area contributed by atoms with Crippen molar-refractivity contribution in [2.45, 2.75) is 52.1 Å². The van der Waals surface area contributed by atoms with E-state index < -0.39 is 0 Å². The van der Waals surface area contributed by atoms with Gasteiger partial charge in [0, 0.05) is 6.61 Å². The topological polar surface area (TPSA) is 44.5 Å². The van der Waals surface area contributed by atoms with Gasteiger partial charge in [-0.3, -0.25) is 0 Å². The van der Waals surface area contributed by atoms with Crippen LogP contribution in [-0.2, 0) is 9.47 Å². The lowest BCUT2D eigenvalue weighted by molar-refractivity contribution is -0.0461. The van der Waals surface area contributed by atoms with Crippen molar-refractivity contribution in [1.29, 1.82) is 0 Å². The van der Waals surface area contributed by atoms with Crippen LogP contribution in [0.4, 0.5) is 0 Å². The molecule has 3 unspecified atom stereocenters. The third-order valence-corrected chi connectivity index (χ3v) is 3.80. The van der Waals surface area contributed by atoms with Crippen LogP contribution in [0.25, 0.3) is 0 Å². The first kappa shape index (κ1) is 14.9. The van der Waals surface area contributed by atoms with Crippen molar-refractivity contribution in [3.05, 3.63) is 0 Å². The zero-order valence-electron chi connectivity index (χ0n) is 11.5. The number of nitrogens with two attached hydrogens (primary N) is 1. The van der Waals surface area contributed by atoms with E-state index in [1.807, 2.05) is 6.92 Å². The lowest BCUT2D eigenvalue weighted by atomic mass is 9.78. The summed E-state index contributed by atoms with van der Waals surface area (Å²) in [6.45, 7) is 7.24. The first-order valence-corrected chi connectivity index (χ1v) is 7.21. The number of ether oxygens (including phenoxy) is 2. The molecule has 3 nitrogen and oxygen atoms in total. The van der Waals surface area contributed by atoms with E-state index in [0.717, 1.165) is 19.1 Å². The van der Waals surface area contributed by atoms with Crippen molar-refractivity contribution >= 4 is 0 Å². The van der Waals surface area contributed by atoms with Crippen LogP contribution in [0.1, 0.15) is 46.0 Å². The molecule has 0 aromatic rings. The van der Waals surface area contributed by atoms with Gasteiger partial charge in [0.15, 0.2) is 0 Å². The predicted molar refractivity (Wildman–Crippen MR) is 71.0 cm³/mol. The fraction of sp³-hybridized carbons (Fsp3) is 1.00. The van der Waals surface area contributed by atoms with Crippen LogP contribution in [0.3, 0.4) is 0 Å². The Bertz CT molecular complexity index is 187. The number of hydrogen-bond acceptors (Lipinski definition) is 3. The Morgan fingerprint density at radius 1 is 1.18 bits per heavy atom. The maximum absolute atomic E-state index is 5.96. The summed E-state index contributed by atoms with van der Waals surface area (Å²) in [4.78, 5) is 0. The molecule has 1 aliphatic rings. The first-order chi connectivity index (χ1) is 8.31. The number of hydrogen-bond donors (Lipinski definition) is 1. The summed E-state index contributed by atoms with van der Waals surface area (Å²) >= 11 is 0. The Hall–Kier alpha value is -0.120. The predicted octanol–water partition coefficient (Wildman–Crippen LogP) is 2.58. The van der Waals surface area contributed by atoms with Gasteiger partial charge < -0.3 is 15.2 Å². The smallest absolute Gasteiger partial charge is 0.0704 e. The van der Waals surface area contributed by atoms with Gasteiger partial charge in [-0.15, -0.1) is 0 Å². The lowest BCUT2D eigenvalue weighted by Gasteiger charge is -2.35. The highest BCUT2D eigenvalue weighted by atomic mass is 16.5. The quantitative estimate of drug-likeness (QED) is 0.666. The van der Waals surface area contributed by atoms with E-state index in [2.05, 4.69) is 6.92 Å². The van der Waals surface area contributed by atoms with Gasteiger partial charge in [-0.25, -0.2) is 0 Å². The van der Waals surface area contributed by atoms with Gasteiger partial charge in [0.2, 0.25) is 0 Å². The monoisotopic (exact) mass is 243 g/mol. The Balaban J connectivity index is 2.29. The van der Waals surface area contributed by atoms with Crippen LogP contribution in [0.15, 0.2) is 0 Å². The molecular formula is C14H29NO2. The maximum atomic E-state index is 5.96. The van der Waals surface area contributed by atoms with E-state index >= 15 is 0 Å². The summed E-state index contributed by atoms with van der Waals surface area (Å²) in [6, 6.07) is 0. The van der Waals surface area contributed by atoms with Gasteiger partial charge in [0.25, 0.3) is 0 Å². The lowest BCUT2D eigenvalue weighted by Crippen LogP contribution is -2.37. The maximum Gasteiger partial charge on any atom is 0.0704 e. The minimum atomic E-state index is 0.366. The zero-order valence-corrected chi connectivity index (χ0v) is 11.5. The van der Waals surface area contributed by atoms with Crippen molar-refractivity contribution in [3.63, 3.8) is 0 Å². The van der Waals surface area contributed by atoms with Crippen molar-refractivity contribution < 1.29 is 9.47 Å². The van der Waals surface area contributed by atoms with Crippen LogP contribution in [0.2, 0.25) is 0 Å². The molecule has 102 valence electrons. The molecule has 0 radical (unpaired) electrons. The van der Waals surface area contributed by atoms with E-state index in [9.17, 15) is 0 Å². The molecular weight excluding hydrogens is 214 g/mol. The SMILES string of the molecule is CCCC1CCC(CN)C(OCCOCC)C1. The molecule has 1 fully saturated rings. The van der Waals surface area contributed by atoms with E-state index in [0.29, 0.717) is 25.2 Å². The Morgan fingerprint density at radius 3 is 2.65 bits per heavy atom. The van der Waals surface area contributed by atoms with E-state index in [4.69, 9.17) is 15.2 Å². The highest BCUT2D eigenvalue weighted by Crippen LogP contribution is 2.33. The van der Waals surface area contributed by atoms with Crippen molar-refractivity contribution in [3.8, 4) is 0 Å². The third-order valence-electron chi connectivity index (χ3n) is 3.80. The summed E-state index contributed by atoms with van der Waals surface area (Å²) in [5.74, 6) is 1.41. The van der Waals surface area contributed by atoms with Gasteiger partial charge in [-0.05, 0) is 44.6 Å². The molecule has 3 heteroatoms. The largest absolute Gasteiger partial charge is 0.379 e. The second-order valence-corrected chi connectivity index (χ2v) is 5.07. The molecule has 3 atom stereocenters. The molecule has 0 amide bonds. The van der Waals surface area contributed by atoms with E-state index in [-0.39, 0.29) is 0 Å². The molecule has 1 saturated carbocycles. The van der Waals surface area contributed by atoms with Crippen LogP contribution < -0.4 is 5.73 Å². The highest BCUT2D eigenvalue weighted by molar-refractivity contribution is 4.81. The molecule has 1 rings (SSSR count). The van der Waals surface area contributed by atoms with Crippen LogP contribution in [0, 0.1) is 11.8 Å². The average Bonchev–Trinajstić information content (AvgIpc) is 2.35. The fourth-order valence-electron chi connectivity index (χ4n) is 2.82. The molecule has 1 aliphatic carbocycles. The summed E-state index contributed by atoms with van der Waals surface area (Å²) in [7, 11) is 0. The van der Waals surface area contributed by atoms with Crippen molar-refractivity contribution in [2.24, 2.45) is 17.6 Å². The second kappa shape index (κ2) is 8.90. The second-order valence-electron chi connectivity index (χ2n) is 5.07. The Kier molecular flexibility index (Phi) is 7.82. The summed E-state index contributed by atoms with van der Waals surface area (Å²) in [5, 5.41) is 0. The van der Waals surface area contributed by atoms with E-state index in [1.165, 1.54) is 32.1 Å². The van der Waals surface area contributed by atoms with Gasteiger partial charge >= 0.3 is 0 Å². The van der Waals surface area contributed by atoms with Crippen LogP contribution in [0.5, 0.6) is 0 Å². The van der Waals surface area contributed by atoms with Gasteiger partial charge in [-0.2, -0.15) is 0 Å². The highest BCUT2D eigenvalue weighted by Gasteiger charge is 2.29. The minimum Gasteiger partial charge on any atom is -0.379 e. The van der Waals surface area contributed by atoms with Crippen molar-refractivity contribution in [2.75, 3.05) is 26.4 Å². The molecule has 0 saturated heterocycles. The van der Waals surface area contributed by atoms with Gasteiger partial charge in [0.05, 0.1) is 19.3 Å². The van der Waals surface area contributed by atoms with Crippen molar-refractivity contribution in [1.82, 2.24) is 0 Å². The molecule has 0 bridgehead atoms. The van der Waals surface area contributed by atoms with Gasteiger partial charge in [0.1, 0.15) is 0 Å². The molecule has 2 N–H and O–H groups in total. The third kappa shape index (κ3) is 5.36. The molecule has 17 heavy (non-hydrogen) atoms. The molecule has 0 aromatic heterocycles. The zero-order chi connectivity index (χ0) is 12.5. The van der Waals surface area contributed by atoms with Crippen LogP contribution >= 0.6 is 0 Å². The first-order valence-electron chi connectivity index (χ1n) is 7.21. The Morgan fingerprint density at radius 2 is 2.00 bits per heavy atom. The minimum absolute atomic E-state index is 0.366. The standard InChI is InChI=1S/C14H29NO2/c1-3-5-12-6-7-13(11-15)14(10-12)17-9-8-16-4-2/h12-14H,3-11,15H2,1-2H3. The fourth-order valence-corrected chi connectivity index (χ4v) is 2.82. The summed E-state index contributed by atoms with van der Waals surface area (Å²) in [5.41, 5.74) is 5.83. The van der Waals surface area contributed by atoms with E-state index in [1.54, 1.807) is 0 Å². The summed E-state index contributed by atoms with van der Waals surface area (Å²) < 4.78 is 11.3. The average molecular weight is 243 g/mol.